The van der Waals surface area contributed by atoms with E-state index in [0.717, 1.165) is 0 Å². The van der Waals surface area contributed by atoms with E-state index in [0.29, 0.717) is 28.5 Å². The average Bonchev–Trinajstić information content (AvgIpc) is 2.86. The Morgan fingerprint density at radius 2 is 1.76 bits per heavy atom. The van der Waals surface area contributed by atoms with Crippen LogP contribution in [0.25, 0.3) is 17.1 Å². The number of hydrogen-bond donors (Lipinski definition) is 2. The molecule has 0 fully saturated rings. The molecule has 0 radical (unpaired) electrons. The third kappa shape index (κ3) is 2.50. The Morgan fingerprint density at radius 3 is 2.43 bits per heavy atom. The van der Waals surface area contributed by atoms with Gasteiger partial charge in [-0.1, -0.05) is 11.6 Å². The van der Waals surface area contributed by atoms with Crippen LogP contribution in [0.1, 0.15) is 0 Å². The van der Waals surface area contributed by atoms with Crippen LogP contribution in [0, 0.1) is 5.82 Å². The third-order valence-electron chi connectivity index (χ3n) is 2.84. The number of nitrogens with zero attached hydrogens (tertiary/aromatic N) is 4. The molecule has 106 valence electrons. The third-order valence-corrected chi connectivity index (χ3v) is 3.15. The second-order valence-corrected chi connectivity index (χ2v) is 4.81. The summed E-state index contributed by atoms with van der Waals surface area (Å²) in [5.41, 5.74) is 13.6. The SMILES string of the molecule is Nc1cc(N)cc(-c2nnnn2-c2ccc(F)cc2Cl)c1. The zero-order valence-corrected chi connectivity index (χ0v) is 11.4. The summed E-state index contributed by atoms with van der Waals surface area (Å²) in [6.07, 6.45) is 0. The van der Waals surface area contributed by atoms with Gasteiger partial charge in [0.15, 0.2) is 5.82 Å². The van der Waals surface area contributed by atoms with Gasteiger partial charge in [-0.15, -0.1) is 5.10 Å². The van der Waals surface area contributed by atoms with Crippen LogP contribution in [0.5, 0.6) is 0 Å². The van der Waals surface area contributed by atoms with Crippen molar-refractivity contribution in [1.29, 1.82) is 0 Å². The number of halogens is 2. The van der Waals surface area contributed by atoms with Crippen molar-refractivity contribution in [1.82, 2.24) is 20.2 Å². The zero-order chi connectivity index (χ0) is 15.0. The first-order valence-corrected chi connectivity index (χ1v) is 6.32. The van der Waals surface area contributed by atoms with Crippen molar-refractivity contribution < 1.29 is 4.39 Å². The second kappa shape index (κ2) is 5.02. The van der Waals surface area contributed by atoms with E-state index in [1.807, 2.05) is 0 Å². The van der Waals surface area contributed by atoms with Gasteiger partial charge in [-0.2, -0.15) is 4.68 Å². The van der Waals surface area contributed by atoms with Crippen molar-refractivity contribution in [3.05, 3.63) is 47.2 Å². The number of nitrogens with two attached hydrogens (primary N) is 2. The Kier molecular flexibility index (Phi) is 3.19. The maximum Gasteiger partial charge on any atom is 0.187 e. The minimum Gasteiger partial charge on any atom is -0.399 e. The standard InChI is InChI=1S/C13H10ClFN6/c14-11-5-8(15)1-2-12(11)21-13(18-19-20-21)7-3-9(16)6-10(17)4-7/h1-6H,16-17H2. The summed E-state index contributed by atoms with van der Waals surface area (Å²) in [4.78, 5) is 0. The smallest absolute Gasteiger partial charge is 0.187 e. The molecule has 0 aliphatic rings. The van der Waals surface area contributed by atoms with Gasteiger partial charge in [0.05, 0.1) is 10.7 Å². The molecule has 0 saturated carbocycles. The fourth-order valence-electron chi connectivity index (χ4n) is 1.99. The molecule has 2 aromatic carbocycles. The molecular weight excluding hydrogens is 295 g/mol. The first-order valence-electron chi connectivity index (χ1n) is 5.95. The molecule has 0 aliphatic heterocycles. The Bertz CT molecular complexity index is 796. The van der Waals surface area contributed by atoms with Crippen LogP contribution in [-0.2, 0) is 0 Å². The monoisotopic (exact) mass is 304 g/mol. The minimum atomic E-state index is -0.438. The summed E-state index contributed by atoms with van der Waals surface area (Å²) in [6.45, 7) is 0. The predicted octanol–water partition coefficient (Wildman–Crippen LogP) is 2.29. The summed E-state index contributed by atoms with van der Waals surface area (Å²) in [5, 5.41) is 11.6. The van der Waals surface area contributed by atoms with E-state index in [1.165, 1.54) is 22.9 Å². The molecule has 0 bridgehead atoms. The molecule has 6 nitrogen and oxygen atoms in total. The highest BCUT2D eigenvalue weighted by Crippen LogP contribution is 2.27. The number of tetrazole rings is 1. The molecule has 0 saturated heterocycles. The number of hydrogen-bond acceptors (Lipinski definition) is 5. The van der Waals surface area contributed by atoms with Crippen molar-refractivity contribution in [3.63, 3.8) is 0 Å². The highest BCUT2D eigenvalue weighted by molar-refractivity contribution is 6.32. The molecule has 21 heavy (non-hydrogen) atoms. The highest BCUT2D eigenvalue weighted by Gasteiger charge is 2.14. The molecule has 0 unspecified atom stereocenters. The van der Waals surface area contributed by atoms with Crippen LogP contribution in [0.4, 0.5) is 15.8 Å². The lowest BCUT2D eigenvalue weighted by Gasteiger charge is -2.08. The maximum absolute atomic E-state index is 13.1. The van der Waals surface area contributed by atoms with Gasteiger partial charge in [0.2, 0.25) is 0 Å². The van der Waals surface area contributed by atoms with Gasteiger partial charge < -0.3 is 11.5 Å². The van der Waals surface area contributed by atoms with Crippen molar-refractivity contribution >= 4 is 23.0 Å². The van der Waals surface area contributed by atoms with Gasteiger partial charge >= 0.3 is 0 Å². The van der Waals surface area contributed by atoms with Crippen LogP contribution in [0.2, 0.25) is 5.02 Å². The summed E-state index contributed by atoms with van der Waals surface area (Å²) in [5.74, 6) is -0.0333. The second-order valence-electron chi connectivity index (χ2n) is 4.40. The molecule has 0 spiro atoms. The number of benzene rings is 2. The van der Waals surface area contributed by atoms with Crippen LogP contribution < -0.4 is 11.5 Å². The molecular formula is C13H10ClFN6. The average molecular weight is 305 g/mol. The Morgan fingerprint density at radius 1 is 1.05 bits per heavy atom. The fourth-order valence-corrected chi connectivity index (χ4v) is 2.24. The van der Waals surface area contributed by atoms with Gasteiger partial charge in [-0.3, -0.25) is 0 Å². The van der Waals surface area contributed by atoms with Crippen LogP contribution in [0.3, 0.4) is 0 Å². The molecule has 0 amide bonds. The fraction of sp³-hybridized carbons (Fsp3) is 0. The zero-order valence-electron chi connectivity index (χ0n) is 10.7. The van der Waals surface area contributed by atoms with Gasteiger partial charge in [-0.25, -0.2) is 4.39 Å². The normalized spacial score (nSPS) is 10.8. The van der Waals surface area contributed by atoms with E-state index in [9.17, 15) is 4.39 Å². The van der Waals surface area contributed by atoms with Gasteiger partial charge in [-0.05, 0) is 46.8 Å². The first-order chi connectivity index (χ1) is 10.0. The highest BCUT2D eigenvalue weighted by atomic mass is 35.5. The molecule has 1 aromatic heterocycles. The van der Waals surface area contributed by atoms with Gasteiger partial charge in [0.1, 0.15) is 5.82 Å². The van der Waals surface area contributed by atoms with E-state index in [2.05, 4.69) is 15.5 Å². The Balaban J connectivity index is 2.17. The van der Waals surface area contributed by atoms with Crippen molar-refractivity contribution in [2.45, 2.75) is 0 Å². The van der Waals surface area contributed by atoms with E-state index in [-0.39, 0.29) is 5.02 Å². The molecule has 1 heterocycles. The topological polar surface area (TPSA) is 95.6 Å². The number of nitrogen functional groups attached to an aromatic ring is 2. The molecule has 3 rings (SSSR count). The lowest BCUT2D eigenvalue weighted by Crippen LogP contribution is -2.02. The molecule has 0 aliphatic carbocycles. The summed E-state index contributed by atoms with van der Waals surface area (Å²) in [6, 6.07) is 8.97. The van der Waals surface area contributed by atoms with E-state index in [1.54, 1.807) is 18.2 Å². The van der Waals surface area contributed by atoms with Gasteiger partial charge in [0, 0.05) is 16.9 Å². The summed E-state index contributed by atoms with van der Waals surface area (Å²) in [7, 11) is 0. The first kappa shape index (κ1) is 13.3. The number of rotatable bonds is 2. The number of aromatic nitrogens is 4. The van der Waals surface area contributed by atoms with E-state index in [4.69, 9.17) is 23.1 Å². The minimum absolute atomic E-state index is 0.195. The quantitative estimate of drug-likeness (QED) is 0.708. The number of anilines is 2. The molecule has 0 atom stereocenters. The molecule has 4 N–H and O–H groups in total. The van der Waals surface area contributed by atoms with Crippen molar-refractivity contribution in [3.8, 4) is 17.1 Å². The lowest BCUT2D eigenvalue weighted by molar-refractivity contribution is 0.627. The summed E-state index contributed by atoms with van der Waals surface area (Å²) >= 11 is 6.04. The van der Waals surface area contributed by atoms with Crippen molar-refractivity contribution in [2.75, 3.05) is 11.5 Å². The van der Waals surface area contributed by atoms with Crippen LogP contribution in [-0.4, -0.2) is 20.2 Å². The summed E-state index contributed by atoms with van der Waals surface area (Å²) < 4.78 is 14.5. The van der Waals surface area contributed by atoms with Gasteiger partial charge in [0.25, 0.3) is 0 Å². The molecule has 8 heteroatoms. The maximum atomic E-state index is 13.1. The Labute approximate surface area is 124 Å². The van der Waals surface area contributed by atoms with Crippen LogP contribution >= 0.6 is 11.6 Å². The van der Waals surface area contributed by atoms with E-state index < -0.39 is 5.82 Å². The largest absolute Gasteiger partial charge is 0.399 e. The Hall–Kier alpha value is -2.67. The lowest BCUT2D eigenvalue weighted by atomic mass is 10.1. The van der Waals surface area contributed by atoms with E-state index >= 15 is 0 Å². The predicted molar refractivity (Wildman–Crippen MR) is 78.4 cm³/mol. The van der Waals surface area contributed by atoms with Crippen LogP contribution in [0.15, 0.2) is 36.4 Å². The van der Waals surface area contributed by atoms with Crippen molar-refractivity contribution in [2.24, 2.45) is 0 Å². The molecule has 3 aromatic rings.